The summed E-state index contributed by atoms with van der Waals surface area (Å²) >= 11 is 0. The zero-order valence-electron chi connectivity index (χ0n) is 9.93. The number of amidine groups is 1. The van der Waals surface area contributed by atoms with E-state index in [1.54, 1.807) is 0 Å². The summed E-state index contributed by atoms with van der Waals surface area (Å²) in [5, 5.41) is 19.1. The molecule has 1 saturated heterocycles. The van der Waals surface area contributed by atoms with Gasteiger partial charge in [-0.05, 0) is 30.9 Å². The minimum Gasteiger partial charge on any atom is -0.359 e. The van der Waals surface area contributed by atoms with E-state index < -0.39 is 0 Å². The maximum atomic E-state index is 10.0. The molecular formula is C13H17N3O. The topological polar surface area (TPSA) is 50.6 Å². The van der Waals surface area contributed by atoms with E-state index in [-0.39, 0.29) is 6.04 Å². The first-order valence-electron chi connectivity index (χ1n) is 6.11. The number of nitrogens with zero attached hydrogens (tertiary/aromatic N) is 2. The van der Waals surface area contributed by atoms with Crippen LogP contribution < -0.4 is 9.96 Å². The van der Waals surface area contributed by atoms with Gasteiger partial charge in [0.15, 0.2) is 0 Å². The van der Waals surface area contributed by atoms with Crippen LogP contribution in [0.5, 0.6) is 0 Å². The molecule has 0 unspecified atom stereocenters. The van der Waals surface area contributed by atoms with E-state index in [9.17, 15) is 5.21 Å². The molecule has 0 aliphatic carbocycles. The SMILES string of the molecule is C[C@@H]1CCN2c3ccccc3N(O)C(=N)[C@@H]2C1. The first-order chi connectivity index (χ1) is 8.18. The third-order valence-corrected chi connectivity index (χ3v) is 3.83. The number of fused-ring (bicyclic) bond motifs is 3. The van der Waals surface area contributed by atoms with Crippen LogP contribution in [0.15, 0.2) is 24.3 Å². The van der Waals surface area contributed by atoms with Crippen molar-refractivity contribution in [1.29, 1.82) is 5.41 Å². The summed E-state index contributed by atoms with van der Waals surface area (Å²) < 4.78 is 0. The van der Waals surface area contributed by atoms with Crippen LogP contribution >= 0.6 is 0 Å². The molecule has 17 heavy (non-hydrogen) atoms. The van der Waals surface area contributed by atoms with Crippen molar-refractivity contribution in [2.45, 2.75) is 25.8 Å². The fourth-order valence-electron chi connectivity index (χ4n) is 2.85. The second-order valence-corrected chi connectivity index (χ2v) is 5.02. The Bertz CT molecular complexity index is 460. The van der Waals surface area contributed by atoms with Crippen LogP contribution in [0.4, 0.5) is 11.4 Å². The zero-order valence-corrected chi connectivity index (χ0v) is 9.93. The molecule has 2 heterocycles. The molecule has 3 rings (SSSR count). The monoisotopic (exact) mass is 231 g/mol. The zero-order chi connectivity index (χ0) is 12.0. The second kappa shape index (κ2) is 3.74. The predicted molar refractivity (Wildman–Crippen MR) is 68.0 cm³/mol. The molecule has 1 fully saturated rings. The maximum Gasteiger partial charge on any atom is 0.149 e. The highest BCUT2D eigenvalue weighted by molar-refractivity contribution is 6.05. The molecule has 90 valence electrons. The van der Waals surface area contributed by atoms with Gasteiger partial charge in [-0.1, -0.05) is 19.1 Å². The van der Waals surface area contributed by atoms with Crippen molar-refractivity contribution in [3.63, 3.8) is 0 Å². The fraction of sp³-hybridized carbons (Fsp3) is 0.462. The van der Waals surface area contributed by atoms with E-state index >= 15 is 0 Å². The fourth-order valence-corrected chi connectivity index (χ4v) is 2.85. The van der Waals surface area contributed by atoms with Gasteiger partial charge < -0.3 is 4.90 Å². The average molecular weight is 231 g/mol. The summed E-state index contributed by atoms with van der Waals surface area (Å²) in [6.45, 7) is 3.19. The quantitative estimate of drug-likeness (QED) is 0.721. The Morgan fingerprint density at radius 2 is 2.00 bits per heavy atom. The van der Waals surface area contributed by atoms with Gasteiger partial charge >= 0.3 is 0 Å². The number of hydrogen-bond donors (Lipinski definition) is 2. The van der Waals surface area contributed by atoms with Crippen molar-refractivity contribution in [2.24, 2.45) is 5.92 Å². The third-order valence-electron chi connectivity index (χ3n) is 3.83. The van der Waals surface area contributed by atoms with E-state index in [0.29, 0.717) is 11.8 Å². The molecule has 2 aliphatic rings. The summed E-state index contributed by atoms with van der Waals surface area (Å²) in [5.41, 5.74) is 1.77. The molecule has 2 N–H and O–H groups in total. The molecule has 0 saturated carbocycles. The molecule has 0 radical (unpaired) electrons. The number of para-hydroxylation sites is 2. The summed E-state index contributed by atoms with van der Waals surface area (Å²) in [6.07, 6.45) is 2.10. The predicted octanol–water partition coefficient (Wildman–Crippen LogP) is 2.48. The van der Waals surface area contributed by atoms with Crippen molar-refractivity contribution in [3.8, 4) is 0 Å². The van der Waals surface area contributed by atoms with E-state index in [2.05, 4.69) is 11.8 Å². The summed E-state index contributed by atoms with van der Waals surface area (Å²) in [4.78, 5) is 2.25. The second-order valence-electron chi connectivity index (χ2n) is 5.02. The van der Waals surface area contributed by atoms with Crippen LogP contribution in [0.2, 0.25) is 0 Å². The van der Waals surface area contributed by atoms with Crippen molar-refractivity contribution < 1.29 is 5.21 Å². The van der Waals surface area contributed by atoms with E-state index in [1.807, 2.05) is 24.3 Å². The lowest BCUT2D eigenvalue weighted by Gasteiger charge is -2.46. The highest BCUT2D eigenvalue weighted by atomic mass is 16.5. The third kappa shape index (κ3) is 1.52. The van der Waals surface area contributed by atoms with E-state index in [4.69, 9.17) is 5.41 Å². The first kappa shape index (κ1) is 10.6. The van der Waals surface area contributed by atoms with Crippen molar-refractivity contribution in [1.82, 2.24) is 0 Å². The van der Waals surface area contributed by atoms with Gasteiger partial charge in [0.2, 0.25) is 0 Å². The minimum absolute atomic E-state index is 0.0265. The molecule has 0 amide bonds. The van der Waals surface area contributed by atoms with Crippen molar-refractivity contribution in [2.75, 3.05) is 16.5 Å². The first-order valence-corrected chi connectivity index (χ1v) is 6.11. The van der Waals surface area contributed by atoms with Gasteiger partial charge in [0.05, 0.1) is 17.4 Å². The van der Waals surface area contributed by atoms with Gasteiger partial charge in [-0.3, -0.25) is 10.6 Å². The van der Waals surface area contributed by atoms with Crippen LogP contribution in [0.25, 0.3) is 0 Å². The smallest absolute Gasteiger partial charge is 0.149 e. The lowest BCUT2D eigenvalue weighted by Crippen LogP contribution is -2.55. The Labute approximate surface area is 101 Å². The molecule has 0 aromatic heterocycles. The molecule has 0 spiro atoms. The number of nitrogens with one attached hydrogen (secondary N) is 1. The van der Waals surface area contributed by atoms with Crippen LogP contribution in [0.3, 0.4) is 0 Å². The molecule has 1 aromatic carbocycles. The summed E-state index contributed by atoms with van der Waals surface area (Å²) in [6, 6.07) is 7.78. The minimum atomic E-state index is 0.0265. The van der Waals surface area contributed by atoms with Crippen molar-refractivity contribution >= 4 is 17.2 Å². The normalized spacial score (nSPS) is 27.8. The molecule has 2 aliphatic heterocycles. The molecular weight excluding hydrogens is 214 g/mol. The van der Waals surface area contributed by atoms with E-state index in [1.165, 1.54) is 0 Å². The largest absolute Gasteiger partial charge is 0.359 e. The van der Waals surface area contributed by atoms with Gasteiger partial charge in [0, 0.05) is 6.54 Å². The summed E-state index contributed by atoms with van der Waals surface area (Å²) in [7, 11) is 0. The Morgan fingerprint density at radius 1 is 1.29 bits per heavy atom. The van der Waals surface area contributed by atoms with Crippen LogP contribution in [0.1, 0.15) is 19.8 Å². The lowest BCUT2D eigenvalue weighted by molar-refractivity contribution is 0.293. The Kier molecular flexibility index (Phi) is 2.33. The van der Waals surface area contributed by atoms with Crippen LogP contribution in [-0.2, 0) is 0 Å². The van der Waals surface area contributed by atoms with Gasteiger partial charge in [-0.15, -0.1) is 0 Å². The lowest BCUT2D eigenvalue weighted by atomic mass is 9.89. The Morgan fingerprint density at radius 3 is 2.76 bits per heavy atom. The van der Waals surface area contributed by atoms with Gasteiger partial charge in [-0.2, -0.15) is 0 Å². The van der Waals surface area contributed by atoms with Crippen LogP contribution in [0, 0.1) is 11.3 Å². The molecule has 2 atom stereocenters. The number of piperidine rings is 1. The molecule has 0 bridgehead atoms. The molecule has 4 heteroatoms. The van der Waals surface area contributed by atoms with E-state index in [0.717, 1.165) is 35.8 Å². The van der Waals surface area contributed by atoms with Crippen molar-refractivity contribution in [3.05, 3.63) is 24.3 Å². The number of hydrogen-bond acceptors (Lipinski definition) is 3. The molecule has 1 aromatic rings. The standard InChI is InChI=1S/C13H17N3O/c1-9-6-7-15-10-4-2-3-5-11(10)16(17)13(14)12(15)8-9/h2-5,9,12,14,17H,6-8H2,1H3/t9-,12+/m1/s1. The van der Waals surface area contributed by atoms with Gasteiger partial charge in [-0.25, -0.2) is 5.06 Å². The maximum absolute atomic E-state index is 10.0. The van der Waals surface area contributed by atoms with Gasteiger partial charge in [0.25, 0.3) is 0 Å². The summed E-state index contributed by atoms with van der Waals surface area (Å²) in [5.74, 6) is 0.922. The number of rotatable bonds is 0. The molecule has 4 nitrogen and oxygen atoms in total. The average Bonchev–Trinajstić information content (AvgIpc) is 2.36. The highest BCUT2D eigenvalue weighted by Gasteiger charge is 2.38. The Balaban J connectivity index is 2.07. The van der Waals surface area contributed by atoms with Gasteiger partial charge in [0.1, 0.15) is 5.84 Å². The number of hydroxylamine groups is 1. The number of anilines is 2. The Hall–Kier alpha value is -1.55. The highest BCUT2D eigenvalue weighted by Crippen LogP contribution is 2.39. The van der Waals surface area contributed by atoms with Crippen LogP contribution in [-0.4, -0.2) is 23.6 Å². The number of benzene rings is 1.